The number of rotatable bonds is 4. The van der Waals surface area contributed by atoms with Crippen molar-refractivity contribution < 1.29 is 4.74 Å². The number of morpholine rings is 1. The van der Waals surface area contributed by atoms with Crippen molar-refractivity contribution in [3.05, 3.63) is 11.1 Å². The van der Waals surface area contributed by atoms with E-state index >= 15 is 0 Å². The van der Waals surface area contributed by atoms with Crippen LogP contribution in [0.3, 0.4) is 0 Å². The van der Waals surface area contributed by atoms with Gasteiger partial charge in [0.2, 0.25) is 5.13 Å². The molecule has 0 N–H and O–H groups in total. The Morgan fingerprint density at radius 1 is 1.50 bits per heavy atom. The van der Waals surface area contributed by atoms with Crippen LogP contribution in [0.1, 0.15) is 0 Å². The maximum atomic E-state index is 5.30. The summed E-state index contributed by atoms with van der Waals surface area (Å²) in [6, 6.07) is 0. The van der Waals surface area contributed by atoms with Crippen molar-refractivity contribution in [2.75, 3.05) is 37.0 Å². The average Bonchev–Trinajstić information content (AvgIpc) is 2.76. The summed E-state index contributed by atoms with van der Waals surface area (Å²) in [4.78, 5) is 2.22. The lowest BCUT2D eigenvalue weighted by atomic mass is 10.5. The van der Waals surface area contributed by atoms with Crippen molar-refractivity contribution in [1.82, 2.24) is 10.2 Å². The van der Waals surface area contributed by atoms with Gasteiger partial charge in [-0.25, -0.2) is 0 Å². The van der Waals surface area contributed by atoms with Gasteiger partial charge < -0.3 is 9.64 Å². The molecule has 0 spiro atoms. The average molecular weight is 322 g/mol. The Morgan fingerprint density at radius 2 is 2.25 bits per heavy atom. The van der Waals surface area contributed by atoms with Gasteiger partial charge in [-0.3, -0.25) is 0 Å². The van der Waals surface area contributed by atoms with Crippen molar-refractivity contribution >= 4 is 44.2 Å². The summed E-state index contributed by atoms with van der Waals surface area (Å²) < 4.78 is 7.26. The van der Waals surface area contributed by atoms with Crippen LogP contribution in [0.25, 0.3) is 0 Å². The normalized spacial score (nSPS) is 16.4. The molecule has 4 nitrogen and oxygen atoms in total. The molecule has 0 unspecified atom stereocenters. The third kappa shape index (κ3) is 3.44. The van der Waals surface area contributed by atoms with Crippen LogP contribution in [-0.2, 0) is 4.74 Å². The van der Waals surface area contributed by atoms with Gasteiger partial charge in [0.05, 0.1) is 13.2 Å². The summed E-state index contributed by atoms with van der Waals surface area (Å²) >= 11 is 6.61. The third-order valence-electron chi connectivity index (χ3n) is 2.03. The van der Waals surface area contributed by atoms with Crippen LogP contribution in [0.5, 0.6) is 0 Å². The first-order chi connectivity index (χ1) is 7.75. The molecule has 1 aliphatic heterocycles. The second-order valence-electron chi connectivity index (χ2n) is 3.26. The van der Waals surface area contributed by atoms with Crippen molar-refractivity contribution in [3.8, 4) is 0 Å². The fourth-order valence-electron chi connectivity index (χ4n) is 1.28. The topological polar surface area (TPSA) is 38.2 Å². The number of hydrogen-bond donors (Lipinski definition) is 0. The van der Waals surface area contributed by atoms with Gasteiger partial charge in [0, 0.05) is 18.8 Å². The first-order valence-corrected chi connectivity index (χ1v) is 7.47. The lowest BCUT2D eigenvalue weighted by Crippen LogP contribution is -2.36. The molecule has 1 fully saturated rings. The van der Waals surface area contributed by atoms with E-state index in [0.29, 0.717) is 0 Å². The van der Waals surface area contributed by atoms with E-state index in [-0.39, 0.29) is 0 Å². The number of anilines is 1. The monoisotopic (exact) mass is 321 g/mol. The van der Waals surface area contributed by atoms with Gasteiger partial charge in [-0.1, -0.05) is 45.6 Å². The number of nitrogens with zero attached hydrogens (tertiary/aromatic N) is 3. The summed E-state index contributed by atoms with van der Waals surface area (Å²) in [7, 11) is 0. The highest BCUT2D eigenvalue weighted by molar-refractivity contribution is 9.11. The maximum Gasteiger partial charge on any atom is 0.209 e. The summed E-state index contributed by atoms with van der Waals surface area (Å²) in [5.41, 5.74) is 0. The van der Waals surface area contributed by atoms with Crippen LogP contribution >= 0.6 is 39.0 Å². The Kier molecular flexibility index (Phi) is 4.63. The smallest absolute Gasteiger partial charge is 0.209 e. The highest BCUT2D eigenvalue weighted by Crippen LogP contribution is 2.29. The van der Waals surface area contributed by atoms with Crippen LogP contribution < -0.4 is 4.90 Å². The molecule has 1 aliphatic rings. The summed E-state index contributed by atoms with van der Waals surface area (Å²) in [6.07, 6.45) is 0. The number of aromatic nitrogens is 2. The standard InChI is InChI=1S/C9H12BrN3OS2/c1-7(10)6-15-9-12-11-8(16-9)13-2-4-14-5-3-13/h1-6H2. The van der Waals surface area contributed by atoms with E-state index < -0.39 is 0 Å². The van der Waals surface area contributed by atoms with Gasteiger partial charge in [-0.15, -0.1) is 10.2 Å². The first kappa shape index (κ1) is 12.3. The van der Waals surface area contributed by atoms with Crippen molar-refractivity contribution in [3.63, 3.8) is 0 Å². The maximum absolute atomic E-state index is 5.30. The molecule has 1 aromatic rings. The van der Waals surface area contributed by atoms with E-state index in [1.54, 1.807) is 23.1 Å². The lowest BCUT2D eigenvalue weighted by Gasteiger charge is -2.25. The summed E-state index contributed by atoms with van der Waals surface area (Å²) in [5, 5.41) is 9.33. The third-order valence-corrected chi connectivity index (χ3v) is 4.88. The largest absolute Gasteiger partial charge is 0.378 e. The van der Waals surface area contributed by atoms with E-state index in [9.17, 15) is 0 Å². The molecular weight excluding hydrogens is 310 g/mol. The van der Waals surface area contributed by atoms with Crippen LogP contribution in [0.4, 0.5) is 5.13 Å². The van der Waals surface area contributed by atoms with E-state index in [1.807, 2.05) is 0 Å². The molecule has 2 rings (SSSR count). The number of hydrogen-bond acceptors (Lipinski definition) is 6. The fourth-order valence-corrected chi connectivity index (χ4v) is 3.27. The van der Waals surface area contributed by atoms with Crippen LogP contribution in [0.15, 0.2) is 15.4 Å². The molecule has 0 bridgehead atoms. The SMILES string of the molecule is C=C(Br)CSc1nnc(N2CCOCC2)s1. The molecule has 0 aromatic carbocycles. The first-order valence-electron chi connectivity index (χ1n) is 4.88. The molecule has 2 heterocycles. The molecule has 88 valence electrons. The second kappa shape index (κ2) is 6.00. The Labute approximate surface area is 111 Å². The van der Waals surface area contributed by atoms with Gasteiger partial charge in [-0.05, 0) is 4.48 Å². The molecule has 0 aliphatic carbocycles. The van der Waals surface area contributed by atoms with Gasteiger partial charge in [0.25, 0.3) is 0 Å². The molecule has 16 heavy (non-hydrogen) atoms. The van der Waals surface area contributed by atoms with E-state index in [2.05, 4.69) is 37.6 Å². The Bertz CT molecular complexity index is 365. The van der Waals surface area contributed by atoms with E-state index in [4.69, 9.17) is 4.74 Å². The molecule has 1 saturated heterocycles. The quantitative estimate of drug-likeness (QED) is 0.796. The van der Waals surface area contributed by atoms with Gasteiger partial charge in [0.1, 0.15) is 0 Å². The van der Waals surface area contributed by atoms with Crippen molar-refractivity contribution in [1.29, 1.82) is 0 Å². The Balaban J connectivity index is 1.93. The van der Waals surface area contributed by atoms with Crippen molar-refractivity contribution in [2.45, 2.75) is 4.34 Å². The Morgan fingerprint density at radius 3 is 2.94 bits per heavy atom. The molecular formula is C9H12BrN3OS2. The minimum atomic E-state index is 0.778. The molecule has 0 saturated carbocycles. The number of thioether (sulfide) groups is 1. The molecule has 0 atom stereocenters. The minimum Gasteiger partial charge on any atom is -0.378 e. The van der Waals surface area contributed by atoms with Gasteiger partial charge in [-0.2, -0.15) is 0 Å². The highest BCUT2D eigenvalue weighted by Gasteiger charge is 2.15. The second-order valence-corrected chi connectivity index (χ2v) is 6.56. The van der Waals surface area contributed by atoms with E-state index in [1.165, 1.54) is 0 Å². The van der Waals surface area contributed by atoms with Gasteiger partial charge in [0.15, 0.2) is 4.34 Å². The molecule has 7 heteroatoms. The minimum absolute atomic E-state index is 0.778. The lowest BCUT2D eigenvalue weighted by molar-refractivity contribution is 0.122. The van der Waals surface area contributed by atoms with Crippen LogP contribution in [-0.4, -0.2) is 42.3 Å². The zero-order valence-electron chi connectivity index (χ0n) is 8.69. The van der Waals surface area contributed by atoms with E-state index in [0.717, 1.165) is 46.0 Å². The predicted molar refractivity (Wildman–Crippen MR) is 71.7 cm³/mol. The highest BCUT2D eigenvalue weighted by atomic mass is 79.9. The predicted octanol–water partition coefficient (Wildman–Crippen LogP) is 2.38. The summed E-state index contributed by atoms with van der Waals surface area (Å²) in [5.74, 6) is 0.831. The Hall–Kier alpha value is -0.110. The zero-order valence-corrected chi connectivity index (χ0v) is 11.9. The molecule has 0 amide bonds. The summed E-state index contributed by atoms with van der Waals surface area (Å²) in [6.45, 7) is 7.16. The van der Waals surface area contributed by atoms with Gasteiger partial charge >= 0.3 is 0 Å². The van der Waals surface area contributed by atoms with Crippen LogP contribution in [0, 0.1) is 0 Å². The van der Waals surface area contributed by atoms with Crippen LogP contribution in [0.2, 0.25) is 0 Å². The molecule has 1 aromatic heterocycles. The molecule has 0 radical (unpaired) electrons. The number of ether oxygens (including phenoxy) is 1. The zero-order chi connectivity index (χ0) is 11.4. The number of halogens is 1. The fraction of sp³-hybridized carbons (Fsp3) is 0.556. The van der Waals surface area contributed by atoms with Crippen molar-refractivity contribution in [2.24, 2.45) is 0 Å².